The van der Waals surface area contributed by atoms with Gasteiger partial charge in [0.25, 0.3) is 0 Å². The molecule has 0 atom stereocenters. The first kappa shape index (κ1) is 22.2. The van der Waals surface area contributed by atoms with E-state index in [0.717, 1.165) is 16.8 Å². The second-order valence-electron chi connectivity index (χ2n) is 7.15. The third kappa shape index (κ3) is 4.94. The van der Waals surface area contributed by atoms with Crippen molar-refractivity contribution < 1.29 is 4.39 Å². The number of halogens is 2. The van der Waals surface area contributed by atoms with Gasteiger partial charge in [-0.3, -0.25) is 4.98 Å². The first-order chi connectivity index (χ1) is 16.0. The summed E-state index contributed by atoms with van der Waals surface area (Å²) < 4.78 is 14.3. The maximum absolute atomic E-state index is 14.3. The van der Waals surface area contributed by atoms with Crippen molar-refractivity contribution in [2.24, 2.45) is 4.99 Å². The molecule has 0 aliphatic heterocycles. The minimum atomic E-state index is -0.403. The molecule has 164 valence electrons. The highest BCUT2D eigenvalue weighted by molar-refractivity contribution is 6.31. The van der Waals surface area contributed by atoms with E-state index in [1.807, 2.05) is 18.2 Å². The van der Waals surface area contributed by atoms with Crippen LogP contribution in [0.25, 0.3) is 16.8 Å². The lowest BCUT2D eigenvalue weighted by molar-refractivity contribution is 0.625. The molecular weight excluding hydrogens is 439 g/mol. The average molecular weight is 459 g/mol. The van der Waals surface area contributed by atoms with E-state index in [-0.39, 0.29) is 0 Å². The maximum atomic E-state index is 14.3. The van der Waals surface area contributed by atoms with Crippen molar-refractivity contribution in [3.63, 3.8) is 0 Å². The molecule has 0 spiro atoms. The van der Waals surface area contributed by atoms with Gasteiger partial charge >= 0.3 is 0 Å². The molecular formula is C25H20ClFN6. The van der Waals surface area contributed by atoms with Crippen molar-refractivity contribution in [1.29, 1.82) is 0 Å². The van der Waals surface area contributed by atoms with Gasteiger partial charge < -0.3 is 5.32 Å². The van der Waals surface area contributed by atoms with Crippen molar-refractivity contribution in [3.05, 3.63) is 101 Å². The van der Waals surface area contributed by atoms with E-state index < -0.39 is 5.82 Å². The Morgan fingerprint density at radius 2 is 1.91 bits per heavy atom. The summed E-state index contributed by atoms with van der Waals surface area (Å²) in [4.78, 5) is 21.9. The van der Waals surface area contributed by atoms with Crippen LogP contribution in [0.1, 0.15) is 23.6 Å². The van der Waals surface area contributed by atoms with E-state index in [0.29, 0.717) is 39.2 Å². The Morgan fingerprint density at radius 1 is 1.06 bits per heavy atom. The molecule has 3 heterocycles. The van der Waals surface area contributed by atoms with Gasteiger partial charge in [-0.05, 0) is 55.0 Å². The standard InChI is InChI=1S/C25H20ClFN6/c1-15(17-11-18(14-29-13-17)23-8-10-31-25(28-3)33-23)20-5-4-9-30-24(20)32-16(2)21-12-19(26)6-7-22(21)27/h4-14H,1H2,2-3H3,(H,28,31,33). The molecule has 0 unspecified atom stereocenters. The minimum absolute atomic E-state index is 0.317. The van der Waals surface area contributed by atoms with Crippen LogP contribution in [0.2, 0.25) is 5.02 Å². The largest absolute Gasteiger partial charge is 0.357 e. The summed E-state index contributed by atoms with van der Waals surface area (Å²) in [5, 5.41) is 3.36. The number of pyridine rings is 2. The van der Waals surface area contributed by atoms with E-state index in [4.69, 9.17) is 11.6 Å². The molecule has 3 aromatic heterocycles. The highest BCUT2D eigenvalue weighted by Crippen LogP contribution is 2.30. The van der Waals surface area contributed by atoms with E-state index in [2.05, 4.69) is 36.8 Å². The van der Waals surface area contributed by atoms with Gasteiger partial charge in [-0.1, -0.05) is 18.2 Å². The summed E-state index contributed by atoms with van der Waals surface area (Å²) in [5.74, 6) is 0.535. The van der Waals surface area contributed by atoms with E-state index in [1.54, 1.807) is 50.9 Å². The SMILES string of the molecule is C=C(c1cncc(-c2ccnc(NC)n2)c1)c1cccnc1N=C(C)c1cc(Cl)ccc1F. The van der Waals surface area contributed by atoms with Crippen molar-refractivity contribution in [2.45, 2.75) is 6.92 Å². The zero-order valence-electron chi connectivity index (χ0n) is 18.0. The Labute approximate surface area is 196 Å². The zero-order chi connectivity index (χ0) is 23.4. The number of nitrogens with zero attached hydrogens (tertiary/aromatic N) is 5. The molecule has 4 aromatic rings. The molecule has 4 rings (SSSR count). The second-order valence-corrected chi connectivity index (χ2v) is 7.59. The quantitative estimate of drug-likeness (QED) is 0.360. The van der Waals surface area contributed by atoms with Crippen LogP contribution < -0.4 is 5.32 Å². The Bertz CT molecular complexity index is 1370. The van der Waals surface area contributed by atoms with Crippen molar-refractivity contribution >= 4 is 34.7 Å². The number of aromatic nitrogens is 4. The molecule has 0 bridgehead atoms. The van der Waals surface area contributed by atoms with E-state index >= 15 is 0 Å². The molecule has 0 radical (unpaired) electrons. The van der Waals surface area contributed by atoms with Crippen LogP contribution in [0, 0.1) is 5.82 Å². The van der Waals surface area contributed by atoms with Gasteiger partial charge in [-0.2, -0.15) is 0 Å². The second kappa shape index (κ2) is 9.67. The summed E-state index contributed by atoms with van der Waals surface area (Å²) in [5.41, 5.74) is 4.49. The molecule has 0 aliphatic rings. The zero-order valence-corrected chi connectivity index (χ0v) is 18.8. The van der Waals surface area contributed by atoms with Crippen LogP contribution in [0.15, 0.2) is 78.8 Å². The fourth-order valence-electron chi connectivity index (χ4n) is 3.26. The first-order valence-corrected chi connectivity index (χ1v) is 10.5. The van der Waals surface area contributed by atoms with Gasteiger partial charge in [0.1, 0.15) is 5.82 Å². The first-order valence-electron chi connectivity index (χ1n) is 10.1. The third-order valence-corrected chi connectivity index (χ3v) is 5.20. The number of nitrogens with one attached hydrogen (secondary N) is 1. The molecule has 1 N–H and O–H groups in total. The fraction of sp³-hybridized carbons (Fsp3) is 0.0800. The van der Waals surface area contributed by atoms with Crippen molar-refractivity contribution in [2.75, 3.05) is 12.4 Å². The lowest BCUT2D eigenvalue weighted by Gasteiger charge is -2.11. The Morgan fingerprint density at radius 3 is 2.73 bits per heavy atom. The van der Waals surface area contributed by atoms with Gasteiger partial charge in [0.05, 0.1) is 11.4 Å². The minimum Gasteiger partial charge on any atom is -0.357 e. The van der Waals surface area contributed by atoms with Crippen molar-refractivity contribution in [3.8, 4) is 11.3 Å². The summed E-state index contributed by atoms with van der Waals surface area (Å²) in [7, 11) is 1.76. The van der Waals surface area contributed by atoms with Crippen LogP contribution in [0.3, 0.4) is 0 Å². The molecule has 6 nitrogen and oxygen atoms in total. The smallest absolute Gasteiger partial charge is 0.222 e. The Balaban J connectivity index is 1.71. The van der Waals surface area contributed by atoms with Crippen LogP contribution in [-0.4, -0.2) is 32.7 Å². The molecule has 8 heteroatoms. The number of hydrogen-bond acceptors (Lipinski definition) is 6. The number of anilines is 1. The number of rotatable bonds is 6. The fourth-order valence-corrected chi connectivity index (χ4v) is 3.43. The normalized spacial score (nSPS) is 11.3. The lowest BCUT2D eigenvalue weighted by atomic mass is 9.99. The topological polar surface area (TPSA) is 76.0 Å². The maximum Gasteiger partial charge on any atom is 0.222 e. The average Bonchev–Trinajstić information content (AvgIpc) is 2.85. The third-order valence-electron chi connectivity index (χ3n) is 4.97. The van der Waals surface area contributed by atoms with Gasteiger partial charge in [-0.25, -0.2) is 24.3 Å². The highest BCUT2D eigenvalue weighted by atomic mass is 35.5. The summed E-state index contributed by atoms with van der Waals surface area (Å²) >= 11 is 6.04. The number of aliphatic imine (C=N–C) groups is 1. The van der Waals surface area contributed by atoms with Gasteiger partial charge in [0, 0.05) is 59.1 Å². The number of benzene rings is 1. The van der Waals surface area contributed by atoms with Gasteiger partial charge in [0.15, 0.2) is 5.82 Å². The predicted octanol–water partition coefficient (Wildman–Crippen LogP) is 5.97. The summed E-state index contributed by atoms with van der Waals surface area (Å²) in [6.07, 6.45) is 6.76. The lowest BCUT2D eigenvalue weighted by Crippen LogP contribution is -2.00. The monoisotopic (exact) mass is 458 g/mol. The molecule has 33 heavy (non-hydrogen) atoms. The van der Waals surface area contributed by atoms with Crippen LogP contribution in [0.4, 0.5) is 16.2 Å². The number of hydrogen-bond donors (Lipinski definition) is 1. The van der Waals surface area contributed by atoms with E-state index in [9.17, 15) is 4.39 Å². The van der Waals surface area contributed by atoms with Crippen LogP contribution in [-0.2, 0) is 0 Å². The molecule has 0 saturated heterocycles. The van der Waals surface area contributed by atoms with Crippen molar-refractivity contribution in [1.82, 2.24) is 19.9 Å². The molecule has 0 saturated carbocycles. The predicted molar refractivity (Wildman–Crippen MR) is 130 cm³/mol. The van der Waals surface area contributed by atoms with Gasteiger partial charge in [0.2, 0.25) is 5.95 Å². The highest BCUT2D eigenvalue weighted by Gasteiger charge is 2.13. The van der Waals surface area contributed by atoms with E-state index in [1.165, 1.54) is 12.1 Å². The van der Waals surface area contributed by atoms with Gasteiger partial charge in [-0.15, -0.1) is 0 Å². The Kier molecular flexibility index (Phi) is 6.51. The summed E-state index contributed by atoms with van der Waals surface area (Å²) in [6, 6.07) is 11.8. The summed E-state index contributed by atoms with van der Waals surface area (Å²) in [6.45, 7) is 5.96. The molecule has 0 amide bonds. The van der Waals surface area contributed by atoms with Crippen LogP contribution in [0.5, 0.6) is 0 Å². The molecule has 1 aromatic carbocycles. The van der Waals surface area contributed by atoms with Crippen LogP contribution >= 0.6 is 11.6 Å². The molecule has 0 aliphatic carbocycles. The molecule has 0 fully saturated rings. The Hall–Kier alpha value is -3.97.